The average molecular weight is 381 g/mol. The Morgan fingerprint density at radius 3 is 2.00 bits per heavy atom. The molecule has 6 heteroatoms. The van der Waals surface area contributed by atoms with E-state index in [-0.39, 0.29) is 28.0 Å². The Hall–Kier alpha value is -2.89. The minimum absolute atomic E-state index is 0.0447. The van der Waals surface area contributed by atoms with Crippen LogP contribution in [-0.4, -0.2) is 10.7 Å². The molecule has 1 aliphatic carbocycles. The zero-order valence-corrected chi connectivity index (χ0v) is 17.5. The molecule has 1 aromatic carbocycles. The molecule has 0 amide bonds. The molecule has 0 saturated heterocycles. The summed E-state index contributed by atoms with van der Waals surface area (Å²) in [7, 11) is 0. The van der Waals surface area contributed by atoms with Crippen LogP contribution >= 0.6 is 0 Å². The summed E-state index contributed by atoms with van der Waals surface area (Å²) in [4.78, 5) is 23.7. The predicted octanol–water partition coefficient (Wildman–Crippen LogP) is 6.40. The maximum Gasteiger partial charge on any atom is 0.296 e. The number of ketones is 1. The van der Waals surface area contributed by atoms with Gasteiger partial charge in [-0.15, -0.1) is 5.11 Å². The van der Waals surface area contributed by atoms with Crippen LogP contribution in [0.4, 0.5) is 11.4 Å². The Kier molecular flexibility index (Phi) is 5.83. The van der Waals surface area contributed by atoms with E-state index in [2.05, 4.69) is 10.2 Å². The quantitative estimate of drug-likeness (QED) is 0.345. The van der Waals surface area contributed by atoms with Crippen LogP contribution in [-0.2, 0) is 4.79 Å². The van der Waals surface area contributed by atoms with Crippen molar-refractivity contribution in [1.29, 1.82) is 0 Å². The molecule has 1 aliphatic rings. The Morgan fingerprint density at radius 1 is 1.00 bits per heavy atom. The summed E-state index contributed by atoms with van der Waals surface area (Å²) in [5, 5.41) is 19.3. The van der Waals surface area contributed by atoms with Gasteiger partial charge < -0.3 is 0 Å². The molecule has 0 heterocycles. The van der Waals surface area contributed by atoms with Gasteiger partial charge in [-0.1, -0.05) is 47.6 Å². The van der Waals surface area contributed by atoms with E-state index in [0.717, 1.165) is 11.1 Å². The van der Waals surface area contributed by atoms with Gasteiger partial charge in [0.2, 0.25) is 0 Å². The van der Waals surface area contributed by atoms with Gasteiger partial charge in [0.15, 0.2) is 11.5 Å². The number of rotatable bonds is 3. The lowest BCUT2D eigenvalue weighted by molar-refractivity contribution is -0.384. The highest BCUT2D eigenvalue weighted by atomic mass is 16.6. The van der Waals surface area contributed by atoms with Gasteiger partial charge in [-0.25, -0.2) is 0 Å². The summed E-state index contributed by atoms with van der Waals surface area (Å²) < 4.78 is 0. The van der Waals surface area contributed by atoms with E-state index < -0.39 is 4.92 Å². The lowest BCUT2D eigenvalue weighted by Crippen LogP contribution is -2.27. The molecule has 28 heavy (non-hydrogen) atoms. The molecule has 1 aromatic rings. The third kappa shape index (κ3) is 4.88. The van der Waals surface area contributed by atoms with Gasteiger partial charge in [0, 0.05) is 17.2 Å². The lowest BCUT2D eigenvalue weighted by Gasteiger charge is -2.31. The van der Waals surface area contributed by atoms with E-state index in [1.54, 1.807) is 19.1 Å². The van der Waals surface area contributed by atoms with Gasteiger partial charge in [0.1, 0.15) is 0 Å². The maximum atomic E-state index is 12.9. The van der Waals surface area contributed by atoms with Gasteiger partial charge in [0.05, 0.1) is 11.1 Å². The number of benzene rings is 1. The van der Waals surface area contributed by atoms with Gasteiger partial charge in [-0.05, 0) is 47.1 Å². The molecule has 0 spiro atoms. The van der Waals surface area contributed by atoms with Crippen molar-refractivity contribution in [3.8, 4) is 0 Å². The van der Waals surface area contributed by atoms with Crippen LogP contribution in [0.1, 0.15) is 47.1 Å². The molecular formula is C22H27N3O3. The van der Waals surface area contributed by atoms with Gasteiger partial charge >= 0.3 is 0 Å². The number of nitrogens with zero attached hydrogens (tertiary/aromatic N) is 3. The Labute approximate surface area is 165 Å². The average Bonchev–Trinajstić information content (AvgIpc) is 2.55. The first-order chi connectivity index (χ1) is 12.8. The third-order valence-electron chi connectivity index (χ3n) is 4.43. The van der Waals surface area contributed by atoms with Crippen molar-refractivity contribution in [2.45, 2.75) is 48.5 Å². The molecule has 0 radical (unpaired) electrons. The molecule has 0 unspecified atom stereocenters. The number of carbonyl (C=O) groups excluding carboxylic acids is 1. The summed E-state index contributed by atoms with van der Waals surface area (Å²) in [6.45, 7) is 13.8. The fourth-order valence-electron chi connectivity index (χ4n) is 2.86. The summed E-state index contributed by atoms with van der Waals surface area (Å²) in [5.41, 5.74) is 2.43. The standard InChI is InChI=1S/C22H27N3O3/c1-14-8-9-18(19(10-14)25(27)28)24-23-13-15-11-16(21(2,3)4)20(26)17(12-15)22(5,6)7/h8-13H,1-7H3. The molecule has 2 rings (SSSR count). The monoisotopic (exact) mass is 381 g/mol. The number of azo groups is 1. The largest absolute Gasteiger partial charge is 0.296 e. The van der Waals surface area contributed by atoms with Crippen molar-refractivity contribution in [2.24, 2.45) is 21.1 Å². The summed E-state index contributed by atoms with van der Waals surface area (Å²) in [5.74, 6) is 0.0447. The molecule has 0 atom stereocenters. The second-order valence-corrected chi connectivity index (χ2v) is 9.04. The molecule has 6 nitrogen and oxygen atoms in total. The van der Waals surface area contributed by atoms with Crippen LogP contribution in [0.5, 0.6) is 0 Å². The molecule has 0 bridgehead atoms. The van der Waals surface area contributed by atoms with Crippen molar-refractivity contribution in [2.75, 3.05) is 0 Å². The van der Waals surface area contributed by atoms with Crippen molar-refractivity contribution in [1.82, 2.24) is 0 Å². The zero-order chi connectivity index (χ0) is 21.3. The van der Waals surface area contributed by atoms with Gasteiger partial charge in [-0.2, -0.15) is 5.11 Å². The highest BCUT2D eigenvalue weighted by Gasteiger charge is 2.33. The second kappa shape index (κ2) is 7.62. The first-order valence-corrected chi connectivity index (χ1v) is 9.16. The van der Waals surface area contributed by atoms with E-state index >= 15 is 0 Å². The zero-order valence-electron chi connectivity index (χ0n) is 17.5. The number of allylic oxidation sites excluding steroid dienone is 5. The van der Waals surface area contributed by atoms with Crippen LogP contribution < -0.4 is 0 Å². The fourth-order valence-corrected chi connectivity index (χ4v) is 2.86. The number of nitro groups is 1. The smallest absolute Gasteiger partial charge is 0.289 e. The molecule has 148 valence electrons. The van der Waals surface area contributed by atoms with E-state index in [9.17, 15) is 14.9 Å². The van der Waals surface area contributed by atoms with E-state index in [1.807, 2.05) is 53.7 Å². The Balaban J connectivity index is 2.48. The Bertz CT molecular complexity index is 901. The minimum Gasteiger partial charge on any atom is -0.289 e. The number of hydrogen-bond donors (Lipinski definition) is 0. The topological polar surface area (TPSA) is 84.9 Å². The number of aryl methyl sites for hydroxylation is 1. The van der Waals surface area contributed by atoms with E-state index in [0.29, 0.717) is 11.1 Å². The third-order valence-corrected chi connectivity index (χ3v) is 4.43. The number of nitro benzene ring substituents is 1. The summed E-state index contributed by atoms with van der Waals surface area (Å²) in [6, 6.07) is 4.80. The molecule has 0 fully saturated rings. The Morgan fingerprint density at radius 2 is 1.54 bits per heavy atom. The van der Waals surface area contributed by atoms with Crippen molar-refractivity contribution >= 4 is 17.2 Å². The first kappa shape index (κ1) is 21.4. The van der Waals surface area contributed by atoms with E-state index in [1.165, 1.54) is 12.3 Å². The van der Waals surface area contributed by atoms with Crippen LogP contribution in [0.2, 0.25) is 0 Å². The molecule has 0 aromatic heterocycles. The maximum absolute atomic E-state index is 12.9. The van der Waals surface area contributed by atoms with Crippen molar-refractivity contribution < 1.29 is 9.72 Å². The predicted molar refractivity (Wildman–Crippen MR) is 111 cm³/mol. The summed E-state index contributed by atoms with van der Waals surface area (Å²) in [6.07, 6.45) is 5.17. The van der Waals surface area contributed by atoms with Crippen molar-refractivity contribution in [3.05, 3.63) is 68.9 Å². The number of Topliss-reactive ketones (excluding diaryl/α,β-unsaturated/α-hetero) is 1. The molecule has 0 N–H and O–H groups in total. The second-order valence-electron chi connectivity index (χ2n) is 9.04. The van der Waals surface area contributed by atoms with Crippen molar-refractivity contribution in [3.63, 3.8) is 0 Å². The first-order valence-electron chi connectivity index (χ1n) is 9.16. The number of carbonyl (C=O) groups is 1. The van der Waals surface area contributed by atoms with Crippen LogP contribution in [0.25, 0.3) is 0 Å². The van der Waals surface area contributed by atoms with E-state index in [4.69, 9.17) is 0 Å². The van der Waals surface area contributed by atoms with Crippen LogP contribution in [0, 0.1) is 27.9 Å². The van der Waals surface area contributed by atoms with Gasteiger partial charge in [-0.3, -0.25) is 14.9 Å². The molecule has 0 saturated carbocycles. The highest BCUT2D eigenvalue weighted by Crippen LogP contribution is 2.39. The van der Waals surface area contributed by atoms with Crippen LogP contribution in [0.3, 0.4) is 0 Å². The van der Waals surface area contributed by atoms with Crippen LogP contribution in [0.15, 0.2) is 63.5 Å². The minimum atomic E-state index is -0.469. The summed E-state index contributed by atoms with van der Waals surface area (Å²) >= 11 is 0. The number of hydrogen-bond acceptors (Lipinski definition) is 5. The van der Waals surface area contributed by atoms with Gasteiger partial charge in [0.25, 0.3) is 5.69 Å². The SMILES string of the molecule is Cc1ccc(N=NC=C2C=C(C(C)(C)C)C(=O)C(C(C)(C)C)=C2)c([N+](=O)[O-])c1. The molecular weight excluding hydrogens is 354 g/mol. The lowest BCUT2D eigenvalue weighted by atomic mass is 9.72. The highest BCUT2D eigenvalue weighted by molar-refractivity contribution is 6.11. The fraction of sp³-hybridized carbons (Fsp3) is 0.409. The molecule has 0 aliphatic heterocycles. The normalized spacial score (nSPS) is 15.5.